The molecule has 1 aromatic rings. The second-order valence-electron chi connectivity index (χ2n) is 3.35. The lowest BCUT2D eigenvalue weighted by molar-refractivity contribution is 0.297. The summed E-state index contributed by atoms with van der Waals surface area (Å²) in [7, 11) is 0. The van der Waals surface area contributed by atoms with Gasteiger partial charge >= 0.3 is 0 Å². The second-order valence-corrected chi connectivity index (χ2v) is 4.21. The Morgan fingerprint density at radius 3 is 2.71 bits per heavy atom. The van der Waals surface area contributed by atoms with Gasteiger partial charge in [-0.3, -0.25) is 0 Å². The largest absolute Gasteiger partial charge is 0.478 e. The van der Waals surface area contributed by atoms with Crippen LogP contribution in [0.1, 0.15) is 31.0 Å². The highest BCUT2D eigenvalue weighted by atomic mass is 79.9. The minimum absolute atomic E-state index is 0.716. The number of aryl methyl sites for hydroxylation is 1. The molecule has 0 aliphatic rings. The summed E-state index contributed by atoms with van der Waals surface area (Å²) in [6.45, 7) is 6.93. The normalized spacial score (nSPS) is 10.3. The predicted molar refractivity (Wildman–Crippen MR) is 61.8 cm³/mol. The fourth-order valence-corrected chi connectivity index (χ4v) is 1.55. The number of hydrogen-bond donors (Lipinski definition) is 0. The van der Waals surface area contributed by atoms with Crippen molar-refractivity contribution < 1.29 is 4.74 Å². The van der Waals surface area contributed by atoms with Gasteiger partial charge in [0.25, 0.3) is 0 Å². The first-order valence-corrected chi connectivity index (χ1v) is 5.71. The molecule has 3 heteroatoms. The smallest absolute Gasteiger partial charge is 0.214 e. The summed E-state index contributed by atoms with van der Waals surface area (Å²) in [5.74, 6) is 0.716. The molecule has 0 atom stereocenters. The van der Waals surface area contributed by atoms with Crippen LogP contribution in [0.4, 0.5) is 0 Å². The van der Waals surface area contributed by atoms with E-state index in [0.717, 1.165) is 29.6 Å². The van der Waals surface area contributed by atoms with Crippen molar-refractivity contribution in [3.63, 3.8) is 0 Å². The van der Waals surface area contributed by atoms with Crippen LogP contribution in [-0.2, 0) is 0 Å². The molecule has 0 saturated heterocycles. The molecule has 78 valence electrons. The first-order chi connectivity index (χ1) is 6.65. The maximum atomic E-state index is 5.52. The van der Waals surface area contributed by atoms with Crippen molar-refractivity contribution in [1.82, 2.24) is 4.98 Å². The molecule has 2 nitrogen and oxygen atoms in total. The Hall–Kier alpha value is -0.570. The van der Waals surface area contributed by atoms with Gasteiger partial charge in [0.1, 0.15) is 0 Å². The number of rotatable bonds is 4. The topological polar surface area (TPSA) is 22.1 Å². The number of ether oxygens (including phenoxy) is 1. The third-order valence-electron chi connectivity index (χ3n) is 2.18. The second kappa shape index (κ2) is 5.35. The monoisotopic (exact) mass is 257 g/mol. The maximum Gasteiger partial charge on any atom is 0.214 e. The molecule has 0 amide bonds. The molecular weight excluding hydrogens is 242 g/mol. The first kappa shape index (κ1) is 11.5. The van der Waals surface area contributed by atoms with Gasteiger partial charge in [0.05, 0.1) is 6.61 Å². The predicted octanol–water partition coefficient (Wildman–Crippen LogP) is 3.64. The quantitative estimate of drug-likeness (QED) is 0.769. The van der Waals surface area contributed by atoms with Crippen molar-refractivity contribution in [2.45, 2.75) is 33.6 Å². The zero-order chi connectivity index (χ0) is 10.6. The summed E-state index contributed by atoms with van der Waals surface area (Å²) in [6.07, 6.45) is 2.22. The number of halogens is 1. The molecule has 0 saturated carbocycles. The summed E-state index contributed by atoms with van der Waals surface area (Å²) < 4.78 is 6.59. The van der Waals surface area contributed by atoms with E-state index in [0.29, 0.717) is 5.88 Å². The molecule has 0 aromatic carbocycles. The van der Waals surface area contributed by atoms with Crippen LogP contribution in [-0.4, -0.2) is 11.6 Å². The van der Waals surface area contributed by atoms with Crippen LogP contribution in [0.2, 0.25) is 0 Å². The van der Waals surface area contributed by atoms with Gasteiger partial charge < -0.3 is 4.74 Å². The molecule has 0 bridgehead atoms. The molecular formula is C11H16BrNO. The Morgan fingerprint density at radius 2 is 2.14 bits per heavy atom. The Kier molecular flexibility index (Phi) is 4.39. The van der Waals surface area contributed by atoms with Crippen LogP contribution in [0, 0.1) is 13.8 Å². The maximum absolute atomic E-state index is 5.52. The fraction of sp³-hybridized carbons (Fsp3) is 0.545. The highest BCUT2D eigenvalue weighted by Crippen LogP contribution is 2.22. The SMILES string of the molecule is CCCCOc1cc(Br)c(C)c(C)n1. The zero-order valence-electron chi connectivity index (χ0n) is 8.93. The molecule has 1 heterocycles. The minimum atomic E-state index is 0.716. The van der Waals surface area contributed by atoms with Gasteiger partial charge in [-0.15, -0.1) is 0 Å². The van der Waals surface area contributed by atoms with E-state index in [1.165, 1.54) is 5.56 Å². The molecule has 0 unspecified atom stereocenters. The van der Waals surface area contributed by atoms with Crippen molar-refractivity contribution in [3.8, 4) is 5.88 Å². The number of pyridine rings is 1. The molecule has 0 aliphatic carbocycles. The van der Waals surface area contributed by atoms with Gasteiger partial charge in [-0.2, -0.15) is 0 Å². The van der Waals surface area contributed by atoms with E-state index in [1.807, 2.05) is 19.9 Å². The van der Waals surface area contributed by atoms with Crippen LogP contribution in [0.25, 0.3) is 0 Å². The zero-order valence-corrected chi connectivity index (χ0v) is 10.5. The van der Waals surface area contributed by atoms with Gasteiger partial charge in [0.15, 0.2) is 0 Å². The van der Waals surface area contributed by atoms with Gasteiger partial charge in [0, 0.05) is 16.2 Å². The van der Waals surface area contributed by atoms with Crippen molar-refractivity contribution in [2.75, 3.05) is 6.61 Å². The Balaban J connectivity index is 2.69. The van der Waals surface area contributed by atoms with Crippen molar-refractivity contribution >= 4 is 15.9 Å². The summed E-state index contributed by atoms with van der Waals surface area (Å²) in [5, 5.41) is 0. The number of aromatic nitrogens is 1. The molecule has 0 radical (unpaired) electrons. The van der Waals surface area contributed by atoms with Gasteiger partial charge in [-0.1, -0.05) is 29.3 Å². The third-order valence-corrected chi connectivity index (χ3v) is 3.00. The van der Waals surface area contributed by atoms with Crippen LogP contribution < -0.4 is 4.74 Å². The summed E-state index contributed by atoms with van der Waals surface area (Å²) in [5.41, 5.74) is 2.19. The lowest BCUT2D eigenvalue weighted by Gasteiger charge is -2.08. The van der Waals surface area contributed by atoms with Crippen molar-refractivity contribution in [2.24, 2.45) is 0 Å². The van der Waals surface area contributed by atoms with Crippen molar-refractivity contribution in [3.05, 3.63) is 21.8 Å². The molecule has 1 rings (SSSR count). The van der Waals surface area contributed by atoms with Gasteiger partial charge in [-0.05, 0) is 25.8 Å². The molecule has 0 fully saturated rings. The van der Waals surface area contributed by atoms with Crippen LogP contribution in [0.5, 0.6) is 5.88 Å². The Labute approximate surface area is 93.8 Å². The van der Waals surface area contributed by atoms with Gasteiger partial charge in [-0.25, -0.2) is 4.98 Å². The fourth-order valence-electron chi connectivity index (χ4n) is 1.07. The van der Waals surface area contributed by atoms with E-state index in [2.05, 4.69) is 27.8 Å². The summed E-state index contributed by atoms with van der Waals surface area (Å²) in [6, 6.07) is 1.93. The first-order valence-electron chi connectivity index (χ1n) is 4.91. The highest BCUT2D eigenvalue weighted by Gasteiger charge is 2.03. The standard InChI is InChI=1S/C11H16BrNO/c1-4-5-6-14-11-7-10(12)8(2)9(3)13-11/h7H,4-6H2,1-3H3. The van der Waals surface area contributed by atoms with Crippen LogP contribution in [0.3, 0.4) is 0 Å². The van der Waals surface area contributed by atoms with Crippen LogP contribution >= 0.6 is 15.9 Å². The number of hydrogen-bond acceptors (Lipinski definition) is 2. The molecule has 1 aromatic heterocycles. The van der Waals surface area contributed by atoms with Gasteiger partial charge in [0.2, 0.25) is 5.88 Å². The number of unbranched alkanes of at least 4 members (excludes halogenated alkanes) is 1. The van der Waals surface area contributed by atoms with E-state index < -0.39 is 0 Å². The minimum Gasteiger partial charge on any atom is -0.478 e. The van der Waals surface area contributed by atoms with E-state index in [1.54, 1.807) is 0 Å². The summed E-state index contributed by atoms with van der Waals surface area (Å²) >= 11 is 3.49. The molecule has 0 aliphatic heterocycles. The summed E-state index contributed by atoms with van der Waals surface area (Å²) in [4.78, 5) is 4.35. The third kappa shape index (κ3) is 2.98. The number of nitrogens with zero attached hydrogens (tertiary/aromatic N) is 1. The molecule has 0 N–H and O–H groups in total. The Morgan fingerprint density at radius 1 is 1.43 bits per heavy atom. The lowest BCUT2D eigenvalue weighted by Crippen LogP contribution is -2.00. The highest BCUT2D eigenvalue weighted by molar-refractivity contribution is 9.10. The van der Waals surface area contributed by atoms with E-state index >= 15 is 0 Å². The van der Waals surface area contributed by atoms with Crippen LogP contribution in [0.15, 0.2) is 10.5 Å². The molecule has 0 spiro atoms. The lowest BCUT2D eigenvalue weighted by atomic mass is 10.2. The van der Waals surface area contributed by atoms with E-state index in [9.17, 15) is 0 Å². The van der Waals surface area contributed by atoms with E-state index in [-0.39, 0.29) is 0 Å². The van der Waals surface area contributed by atoms with Crippen molar-refractivity contribution in [1.29, 1.82) is 0 Å². The average Bonchev–Trinajstić information content (AvgIpc) is 2.14. The average molecular weight is 258 g/mol. The van der Waals surface area contributed by atoms with E-state index in [4.69, 9.17) is 4.74 Å². The Bertz CT molecular complexity index is 289. The molecule has 14 heavy (non-hydrogen) atoms.